The van der Waals surface area contributed by atoms with E-state index in [9.17, 15) is 9.59 Å². The Bertz CT molecular complexity index is 513. The summed E-state index contributed by atoms with van der Waals surface area (Å²) < 4.78 is 0. The summed E-state index contributed by atoms with van der Waals surface area (Å²) in [6.07, 6.45) is 0. The number of nitrogens with zero attached hydrogens (tertiary/aromatic N) is 2. The molecule has 0 atom stereocenters. The van der Waals surface area contributed by atoms with Crippen molar-refractivity contribution in [3.8, 4) is 0 Å². The Morgan fingerprint density at radius 2 is 1.86 bits per heavy atom. The molecular weight excluding hydrogens is 290 g/mol. The topological polar surface area (TPSA) is 52.6 Å². The molecule has 1 saturated heterocycles. The van der Waals surface area contributed by atoms with Crippen LogP contribution in [0.4, 0.5) is 0 Å². The van der Waals surface area contributed by atoms with Gasteiger partial charge >= 0.3 is 0 Å². The summed E-state index contributed by atoms with van der Waals surface area (Å²) in [6.45, 7) is 6.34. The molecule has 6 heteroatoms. The number of hydrogen-bond donors (Lipinski definition) is 1. The zero-order valence-corrected chi connectivity index (χ0v) is 12.9. The van der Waals surface area contributed by atoms with Crippen LogP contribution in [0.15, 0.2) is 24.3 Å². The first-order chi connectivity index (χ1) is 10.1. The van der Waals surface area contributed by atoms with Crippen LogP contribution in [-0.4, -0.2) is 60.9 Å². The second-order valence-corrected chi connectivity index (χ2v) is 5.38. The number of halogens is 1. The standard InChI is InChI=1S/C15H20ClN3O2/c1-2-18-7-9-19(10-8-18)14(20)11-17-15(21)12-5-3-4-6-13(12)16/h3-6H,2,7-11H2,1H3,(H,17,21). The van der Waals surface area contributed by atoms with E-state index >= 15 is 0 Å². The van der Waals surface area contributed by atoms with Crippen molar-refractivity contribution in [2.45, 2.75) is 6.92 Å². The average molecular weight is 310 g/mol. The number of rotatable bonds is 4. The minimum atomic E-state index is -0.318. The summed E-state index contributed by atoms with van der Waals surface area (Å²) in [6, 6.07) is 6.80. The highest BCUT2D eigenvalue weighted by Crippen LogP contribution is 2.14. The van der Waals surface area contributed by atoms with Crippen LogP contribution in [0.2, 0.25) is 5.02 Å². The molecule has 0 bridgehead atoms. The van der Waals surface area contributed by atoms with Gasteiger partial charge in [0.15, 0.2) is 0 Å². The normalized spacial score (nSPS) is 15.8. The molecule has 0 aliphatic carbocycles. The molecule has 0 radical (unpaired) electrons. The van der Waals surface area contributed by atoms with Crippen molar-refractivity contribution in [3.63, 3.8) is 0 Å². The zero-order valence-electron chi connectivity index (χ0n) is 12.1. The average Bonchev–Trinajstić information content (AvgIpc) is 2.52. The van der Waals surface area contributed by atoms with Gasteiger partial charge in [0, 0.05) is 26.2 Å². The molecule has 1 aromatic rings. The summed E-state index contributed by atoms with van der Waals surface area (Å²) in [4.78, 5) is 28.1. The fourth-order valence-electron chi connectivity index (χ4n) is 2.32. The molecule has 1 aromatic carbocycles. The van der Waals surface area contributed by atoms with E-state index in [1.807, 2.05) is 0 Å². The van der Waals surface area contributed by atoms with Gasteiger partial charge < -0.3 is 15.1 Å². The van der Waals surface area contributed by atoms with Crippen LogP contribution in [0.5, 0.6) is 0 Å². The summed E-state index contributed by atoms with van der Waals surface area (Å²) in [5, 5.41) is 3.02. The molecule has 21 heavy (non-hydrogen) atoms. The Morgan fingerprint density at radius 3 is 2.48 bits per heavy atom. The fourth-order valence-corrected chi connectivity index (χ4v) is 2.54. The molecule has 114 valence electrons. The second-order valence-electron chi connectivity index (χ2n) is 4.98. The van der Waals surface area contributed by atoms with Crippen LogP contribution in [0.25, 0.3) is 0 Å². The van der Waals surface area contributed by atoms with E-state index in [2.05, 4.69) is 17.1 Å². The maximum absolute atomic E-state index is 12.1. The molecule has 1 heterocycles. The van der Waals surface area contributed by atoms with Gasteiger partial charge in [0.1, 0.15) is 0 Å². The van der Waals surface area contributed by atoms with Gasteiger partial charge in [-0.25, -0.2) is 0 Å². The molecule has 5 nitrogen and oxygen atoms in total. The molecule has 1 N–H and O–H groups in total. The molecule has 0 unspecified atom stereocenters. The maximum atomic E-state index is 12.1. The molecular formula is C15H20ClN3O2. The molecule has 1 aliphatic heterocycles. The van der Waals surface area contributed by atoms with Crippen LogP contribution in [0, 0.1) is 0 Å². The Labute approximate surface area is 129 Å². The molecule has 2 rings (SSSR count). The first-order valence-electron chi connectivity index (χ1n) is 7.14. The maximum Gasteiger partial charge on any atom is 0.253 e. The molecule has 2 amide bonds. The van der Waals surface area contributed by atoms with Crippen molar-refractivity contribution in [2.75, 3.05) is 39.3 Å². The third-order valence-electron chi connectivity index (χ3n) is 3.69. The molecule has 0 saturated carbocycles. The summed E-state index contributed by atoms with van der Waals surface area (Å²) in [5.74, 6) is -0.368. The van der Waals surface area contributed by atoms with Gasteiger partial charge in [0.05, 0.1) is 17.1 Å². The smallest absolute Gasteiger partial charge is 0.253 e. The largest absolute Gasteiger partial charge is 0.343 e. The van der Waals surface area contributed by atoms with Gasteiger partial charge in [0.25, 0.3) is 5.91 Å². The van der Waals surface area contributed by atoms with Crippen LogP contribution >= 0.6 is 11.6 Å². The number of hydrogen-bond acceptors (Lipinski definition) is 3. The lowest BCUT2D eigenvalue weighted by molar-refractivity contribution is -0.131. The van der Waals surface area contributed by atoms with Gasteiger partial charge in [-0.2, -0.15) is 0 Å². The Balaban J connectivity index is 1.82. The number of carbonyl (C=O) groups excluding carboxylic acids is 2. The molecule has 0 aromatic heterocycles. The minimum Gasteiger partial charge on any atom is -0.343 e. The van der Waals surface area contributed by atoms with E-state index in [4.69, 9.17) is 11.6 Å². The highest BCUT2D eigenvalue weighted by molar-refractivity contribution is 6.33. The number of nitrogens with one attached hydrogen (secondary N) is 1. The van der Waals surface area contributed by atoms with Gasteiger partial charge in [-0.1, -0.05) is 30.7 Å². The van der Waals surface area contributed by atoms with E-state index < -0.39 is 0 Å². The highest BCUT2D eigenvalue weighted by atomic mass is 35.5. The predicted octanol–water partition coefficient (Wildman–Crippen LogP) is 1.23. The molecule has 1 aliphatic rings. The monoisotopic (exact) mass is 309 g/mol. The van der Waals surface area contributed by atoms with Gasteiger partial charge in [-0.15, -0.1) is 0 Å². The minimum absolute atomic E-state index is 0.0101. The Hall–Kier alpha value is -1.59. The first kappa shape index (κ1) is 15.8. The molecule has 0 spiro atoms. The Morgan fingerprint density at radius 1 is 1.19 bits per heavy atom. The summed E-state index contributed by atoms with van der Waals surface area (Å²) in [7, 11) is 0. The summed E-state index contributed by atoms with van der Waals surface area (Å²) in [5.41, 5.74) is 0.391. The third kappa shape index (κ3) is 4.19. The van der Waals surface area contributed by atoms with Crippen molar-refractivity contribution in [1.82, 2.24) is 15.1 Å². The number of amides is 2. The van der Waals surface area contributed by atoms with Gasteiger partial charge in [0.2, 0.25) is 5.91 Å². The molecule has 1 fully saturated rings. The second kappa shape index (κ2) is 7.43. The van der Waals surface area contributed by atoms with Crippen molar-refractivity contribution in [2.24, 2.45) is 0 Å². The van der Waals surface area contributed by atoms with E-state index in [1.54, 1.807) is 29.2 Å². The fraction of sp³-hybridized carbons (Fsp3) is 0.467. The van der Waals surface area contributed by atoms with Crippen LogP contribution in [-0.2, 0) is 4.79 Å². The van der Waals surface area contributed by atoms with Crippen molar-refractivity contribution < 1.29 is 9.59 Å². The first-order valence-corrected chi connectivity index (χ1v) is 7.52. The van der Waals surface area contributed by atoms with Crippen LogP contribution < -0.4 is 5.32 Å². The van der Waals surface area contributed by atoms with E-state index in [1.165, 1.54) is 0 Å². The number of carbonyl (C=O) groups is 2. The van der Waals surface area contributed by atoms with E-state index in [0.29, 0.717) is 23.7 Å². The number of likely N-dealkylation sites (N-methyl/N-ethyl adjacent to an activating group) is 1. The zero-order chi connectivity index (χ0) is 15.2. The van der Waals surface area contributed by atoms with Crippen LogP contribution in [0.3, 0.4) is 0 Å². The quantitative estimate of drug-likeness (QED) is 0.910. The SMILES string of the molecule is CCN1CCN(C(=O)CNC(=O)c2ccccc2Cl)CC1. The predicted molar refractivity (Wildman–Crippen MR) is 82.5 cm³/mol. The van der Waals surface area contributed by atoms with Crippen LogP contribution in [0.1, 0.15) is 17.3 Å². The lowest BCUT2D eigenvalue weighted by Gasteiger charge is -2.34. The third-order valence-corrected chi connectivity index (χ3v) is 4.02. The van der Waals surface area contributed by atoms with Gasteiger partial charge in [-0.05, 0) is 18.7 Å². The lowest BCUT2D eigenvalue weighted by atomic mass is 10.2. The van der Waals surface area contributed by atoms with E-state index in [-0.39, 0.29) is 18.4 Å². The lowest BCUT2D eigenvalue weighted by Crippen LogP contribution is -2.51. The highest BCUT2D eigenvalue weighted by Gasteiger charge is 2.20. The summed E-state index contributed by atoms with van der Waals surface area (Å²) >= 11 is 5.95. The van der Waals surface area contributed by atoms with E-state index in [0.717, 1.165) is 19.6 Å². The van der Waals surface area contributed by atoms with Crippen molar-refractivity contribution in [3.05, 3.63) is 34.9 Å². The van der Waals surface area contributed by atoms with Crippen molar-refractivity contribution in [1.29, 1.82) is 0 Å². The van der Waals surface area contributed by atoms with Gasteiger partial charge in [-0.3, -0.25) is 9.59 Å². The number of benzene rings is 1. The number of piperazine rings is 1. The Kier molecular flexibility index (Phi) is 5.59. The van der Waals surface area contributed by atoms with Crippen molar-refractivity contribution >= 4 is 23.4 Å².